The smallest absolute Gasteiger partial charge is 0.253 e. The Bertz CT molecular complexity index is 608. The van der Waals surface area contributed by atoms with Crippen LogP contribution in [0.5, 0.6) is 0 Å². The van der Waals surface area contributed by atoms with Crippen LogP contribution in [0, 0.1) is 0 Å². The molecule has 0 bridgehead atoms. The van der Waals surface area contributed by atoms with E-state index in [0.29, 0.717) is 12.1 Å². The van der Waals surface area contributed by atoms with Gasteiger partial charge in [0.25, 0.3) is 5.91 Å². The fraction of sp³-hybridized carbons (Fsp3) is 0.312. The van der Waals surface area contributed by atoms with E-state index in [2.05, 4.69) is 5.32 Å². The standard InChI is InChI=1S/C16H19ClN2OS/c1-3-19(4-2)16(20)12-6-5-7-13(10-12)18-11-14-8-9-15(17)21-14/h5-10,18H,3-4,11H2,1-2H3. The van der Waals surface area contributed by atoms with Crippen molar-refractivity contribution in [3.63, 3.8) is 0 Å². The lowest BCUT2D eigenvalue weighted by atomic mass is 10.1. The number of nitrogens with one attached hydrogen (secondary N) is 1. The molecule has 1 N–H and O–H groups in total. The van der Waals surface area contributed by atoms with Gasteiger partial charge in [-0.2, -0.15) is 0 Å². The lowest BCUT2D eigenvalue weighted by Crippen LogP contribution is -2.30. The molecule has 5 heteroatoms. The average molecular weight is 323 g/mol. The van der Waals surface area contributed by atoms with Crippen LogP contribution in [0.3, 0.4) is 0 Å². The Morgan fingerprint density at radius 1 is 1.24 bits per heavy atom. The number of hydrogen-bond donors (Lipinski definition) is 1. The number of hydrogen-bond acceptors (Lipinski definition) is 3. The van der Waals surface area contributed by atoms with E-state index in [-0.39, 0.29) is 5.91 Å². The summed E-state index contributed by atoms with van der Waals surface area (Å²) in [6, 6.07) is 11.5. The monoisotopic (exact) mass is 322 g/mol. The highest BCUT2D eigenvalue weighted by molar-refractivity contribution is 7.16. The van der Waals surface area contributed by atoms with E-state index in [0.717, 1.165) is 23.1 Å². The van der Waals surface area contributed by atoms with Gasteiger partial charge in [0.05, 0.1) is 4.34 Å². The second kappa shape index (κ2) is 7.48. The molecule has 0 aliphatic rings. The van der Waals surface area contributed by atoms with Gasteiger partial charge < -0.3 is 10.2 Å². The van der Waals surface area contributed by atoms with E-state index in [1.807, 2.05) is 55.1 Å². The quantitative estimate of drug-likeness (QED) is 0.849. The Kier molecular flexibility index (Phi) is 5.65. The Morgan fingerprint density at radius 2 is 2.00 bits per heavy atom. The van der Waals surface area contributed by atoms with Gasteiger partial charge in [-0.3, -0.25) is 4.79 Å². The first-order chi connectivity index (χ1) is 10.1. The third kappa shape index (κ3) is 4.22. The van der Waals surface area contributed by atoms with Gasteiger partial charge in [0.2, 0.25) is 0 Å². The molecular formula is C16H19ClN2OS. The number of halogens is 1. The SMILES string of the molecule is CCN(CC)C(=O)c1cccc(NCc2ccc(Cl)s2)c1. The number of anilines is 1. The first kappa shape index (κ1) is 15.9. The van der Waals surface area contributed by atoms with Crippen LogP contribution in [0.2, 0.25) is 4.34 Å². The second-order valence-electron chi connectivity index (χ2n) is 4.62. The topological polar surface area (TPSA) is 32.3 Å². The van der Waals surface area contributed by atoms with Crippen LogP contribution >= 0.6 is 22.9 Å². The number of amides is 1. The summed E-state index contributed by atoms with van der Waals surface area (Å²) in [4.78, 5) is 15.3. The lowest BCUT2D eigenvalue weighted by molar-refractivity contribution is 0.0773. The van der Waals surface area contributed by atoms with Crippen molar-refractivity contribution in [2.24, 2.45) is 0 Å². The van der Waals surface area contributed by atoms with E-state index in [9.17, 15) is 4.79 Å². The summed E-state index contributed by atoms with van der Waals surface area (Å²) in [6.07, 6.45) is 0. The Morgan fingerprint density at radius 3 is 2.62 bits per heavy atom. The van der Waals surface area contributed by atoms with Crippen molar-refractivity contribution in [2.75, 3.05) is 18.4 Å². The maximum Gasteiger partial charge on any atom is 0.253 e. The van der Waals surface area contributed by atoms with Gasteiger partial charge in [0.15, 0.2) is 0 Å². The summed E-state index contributed by atoms with van der Waals surface area (Å²) in [5.41, 5.74) is 1.66. The number of rotatable bonds is 6. The van der Waals surface area contributed by atoms with Gasteiger partial charge in [-0.15, -0.1) is 11.3 Å². The molecule has 1 amide bonds. The van der Waals surface area contributed by atoms with Gasteiger partial charge in [-0.1, -0.05) is 17.7 Å². The highest BCUT2D eigenvalue weighted by Crippen LogP contribution is 2.22. The normalized spacial score (nSPS) is 10.4. The molecule has 112 valence electrons. The van der Waals surface area contributed by atoms with E-state index < -0.39 is 0 Å². The molecule has 0 aliphatic carbocycles. The van der Waals surface area contributed by atoms with Gasteiger partial charge in [0, 0.05) is 35.8 Å². The van der Waals surface area contributed by atoms with E-state index in [1.54, 1.807) is 11.3 Å². The maximum atomic E-state index is 12.3. The average Bonchev–Trinajstić information content (AvgIpc) is 2.92. The predicted octanol–water partition coefficient (Wildman–Crippen LogP) is 4.50. The van der Waals surface area contributed by atoms with Crippen LogP contribution in [0.4, 0.5) is 5.69 Å². The van der Waals surface area contributed by atoms with Gasteiger partial charge >= 0.3 is 0 Å². The maximum absolute atomic E-state index is 12.3. The molecule has 0 radical (unpaired) electrons. The van der Waals surface area contributed by atoms with Crippen molar-refractivity contribution in [1.82, 2.24) is 4.90 Å². The number of carbonyl (C=O) groups excluding carboxylic acids is 1. The van der Waals surface area contributed by atoms with Crippen molar-refractivity contribution in [1.29, 1.82) is 0 Å². The Labute approximate surface area is 134 Å². The molecule has 3 nitrogen and oxygen atoms in total. The zero-order chi connectivity index (χ0) is 15.2. The van der Waals surface area contributed by atoms with Crippen LogP contribution in [0.25, 0.3) is 0 Å². The molecule has 0 saturated carbocycles. The summed E-state index contributed by atoms with van der Waals surface area (Å²) in [6.45, 7) is 6.13. The molecule has 2 aromatic rings. The third-order valence-corrected chi connectivity index (χ3v) is 4.49. The molecule has 0 atom stereocenters. The lowest BCUT2D eigenvalue weighted by Gasteiger charge is -2.19. The molecule has 1 heterocycles. The summed E-state index contributed by atoms with van der Waals surface area (Å²) in [7, 11) is 0. The number of nitrogens with zero attached hydrogens (tertiary/aromatic N) is 1. The van der Waals surface area contributed by atoms with Crippen molar-refractivity contribution in [2.45, 2.75) is 20.4 Å². The van der Waals surface area contributed by atoms with Crippen LogP contribution in [0.15, 0.2) is 36.4 Å². The molecule has 0 saturated heterocycles. The van der Waals surface area contributed by atoms with Gasteiger partial charge in [-0.25, -0.2) is 0 Å². The fourth-order valence-electron chi connectivity index (χ4n) is 2.09. The largest absolute Gasteiger partial charge is 0.380 e. The summed E-state index contributed by atoms with van der Waals surface area (Å²) >= 11 is 7.47. The Balaban J connectivity index is 2.05. The molecule has 0 unspecified atom stereocenters. The third-order valence-electron chi connectivity index (χ3n) is 3.26. The van der Waals surface area contributed by atoms with Crippen LogP contribution in [-0.4, -0.2) is 23.9 Å². The van der Waals surface area contributed by atoms with Crippen molar-refractivity contribution >= 4 is 34.5 Å². The first-order valence-electron chi connectivity index (χ1n) is 7.01. The number of benzene rings is 1. The number of carbonyl (C=O) groups is 1. The van der Waals surface area contributed by atoms with Crippen LogP contribution in [-0.2, 0) is 6.54 Å². The predicted molar refractivity (Wildman–Crippen MR) is 90.3 cm³/mol. The zero-order valence-corrected chi connectivity index (χ0v) is 13.8. The minimum Gasteiger partial charge on any atom is -0.380 e. The molecule has 1 aromatic heterocycles. The summed E-state index contributed by atoms with van der Waals surface area (Å²) in [5.74, 6) is 0.0721. The molecule has 2 rings (SSSR count). The molecule has 0 spiro atoms. The van der Waals surface area contributed by atoms with Crippen molar-refractivity contribution in [3.8, 4) is 0 Å². The van der Waals surface area contributed by atoms with Gasteiger partial charge in [0.1, 0.15) is 0 Å². The Hall–Kier alpha value is -1.52. The summed E-state index contributed by atoms with van der Waals surface area (Å²) in [5, 5.41) is 3.33. The second-order valence-corrected chi connectivity index (χ2v) is 6.42. The van der Waals surface area contributed by atoms with E-state index >= 15 is 0 Å². The van der Waals surface area contributed by atoms with Crippen LogP contribution < -0.4 is 5.32 Å². The minimum atomic E-state index is 0.0721. The van der Waals surface area contributed by atoms with Crippen molar-refractivity contribution in [3.05, 3.63) is 51.2 Å². The molecule has 0 aliphatic heterocycles. The van der Waals surface area contributed by atoms with Crippen molar-refractivity contribution < 1.29 is 4.79 Å². The van der Waals surface area contributed by atoms with Crippen LogP contribution in [0.1, 0.15) is 29.1 Å². The van der Waals surface area contributed by atoms with E-state index in [1.165, 1.54) is 4.88 Å². The molecular weight excluding hydrogens is 304 g/mol. The minimum absolute atomic E-state index is 0.0721. The highest BCUT2D eigenvalue weighted by atomic mass is 35.5. The fourth-order valence-corrected chi connectivity index (χ4v) is 3.12. The first-order valence-corrected chi connectivity index (χ1v) is 8.21. The van der Waals surface area contributed by atoms with Gasteiger partial charge in [-0.05, 0) is 44.2 Å². The molecule has 21 heavy (non-hydrogen) atoms. The molecule has 1 aromatic carbocycles. The summed E-state index contributed by atoms with van der Waals surface area (Å²) < 4.78 is 0.789. The zero-order valence-electron chi connectivity index (χ0n) is 12.2. The highest BCUT2D eigenvalue weighted by Gasteiger charge is 2.12. The van der Waals surface area contributed by atoms with E-state index in [4.69, 9.17) is 11.6 Å². The number of thiophene rings is 1. The molecule has 0 fully saturated rings.